The van der Waals surface area contributed by atoms with Crippen LogP contribution in [-0.2, 0) is 0 Å². The van der Waals surface area contributed by atoms with Crippen molar-refractivity contribution in [3.05, 3.63) is 41.5 Å². The Hall–Kier alpha value is -0.0400. The Morgan fingerprint density at radius 2 is 1.83 bits per heavy atom. The number of hydrogen-bond acceptors (Lipinski definition) is 0. The molecule has 0 spiro atoms. The van der Waals surface area contributed by atoms with Gasteiger partial charge in [0, 0.05) is 5.92 Å². The maximum absolute atomic E-state index is 2.32. The van der Waals surface area contributed by atoms with Crippen LogP contribution < -0.4 is 29.6 Å². The third-order valence-electron chi connectivity index (χ3n) is 2.38. The number of allylic oxidation sites excluding steroid dienone is 2. The van der Waals surface area contributed by atoms with E-state index in [2.05, 4.69) is 44.2 Å². The first kappa shape index (κ1) is 10.0. The molecule has 0 nitrogen and oxygen atoms in total. The molecular formula is C11H12Na+. The first-order chi connectivity index (χ1) is 5.29. The molecule has 0 heterocycles. The van der Waals surface area contributed by atoms with Crippen molar-refractivity contribution in [2.75, 3.05) is 0 Å². The van der Waals surface area contributed by atoms with Crippen LogP contribution in [0.3, 0.4) is 0 Å². The zero-order valence-electron chi connectivity index (χ0n) is 7.96. The van der Waals surface area contributed by atoms with Crippen LogP contribution in [0.2, 0.25) is 0 Å². The van der Waals surface area contributed by atoms with Crippen molar-refractivity contribution in [2.24, 2.45) is 0 Å². The van der Waals surface area contributed by atoms with Crippen molar-refractivity contribution in [1.82, 2.24) is 0 Å². The molecular weight excluding hydrogens is 155 g/mol. The maximum atomic E-state index is 2.32. The van der Waals surface area contributed by atoms with E-state index in [0.29, 0.717) is 5.92 Å². The van der Waals surface area contributed by atoms with Crippen molar-refractivity contribution in [1.29, 1.82) is 0 Å². The van der Waals surface area contributed by atoms with Gasteiger partial charge in [-0.2, -0.15) is 0 Å². The largest absolute Gasteiger partial charge is 1.00 e. The van der Waals surface area contributed by atoms with Gasteiger partial charge in [-0.15, -0.1) is 0 Å². The van der Waals surface area contributed by atoms with Crippen molar-refractivity contribution in [3.63, 3.8) is 0 Å². The van der Waals surface area contributed by atoms with Crippen LogP contribution in [0.4, 0.5) is 0 Å². The Labute approximate surface area is 96.0 Å². The summed E-state index contributed by atoms with van der Waals surface area (Å²) in [7, 11) is 0. The molecule has 0 saturated heterocycles. The van der Waals surface area contributed by atoms with Crippen LogP contribution in [0.25, 0.3) is 5.57 Å². The fourth-order valence-electron chi connectivity index (χ4n) is 1.81. The van der Waals surface area contributed by atoms with Crippen LogP contribution in [0, 0.1) is 0 Å². The van der Waals surface area contributed by atoms with E-state index in [4.69, 9.17) is 0 Å². The minimum Gasteiger partial charge on any atom is -0.0737 e. The molecule has 1 unspecified atom stereocenters. The topological polar surface area (TPSA) is 0 Å². The van der Waals surface area contributed by atoms with E-state index in [0.717, 1.165) is 0 Å². The minimum atomic E-state index is 0. The third-order valence-corrected chi connectivity index (χ3v) is 2.38. The Bertz CT molecular complexity index is 313. The molecule has 0 amide bonds. The van der Waals surface area contributed by atoms with Crippen molar-refractivity contribution in [2.45, 2.75) is 19.8 Å². The van der Waals surface area contributed by atoms with E-state index >= 15 is 0 Å². The predicted molar refractivity (Wildman–Crippen MR) is 48.5 cm³/mol. The van der Waals surface area contributed by atoms with E-state index in [1.54, 1.807) is 0 Å². The maximum Gasteiger partial charge on any atom is 1.00 e. The zero-order valence-corrected chi connectivity index (χ0v) is 9.96. The molecule has 0 bridgehead atoms. The van der Waals surface area contributed by atoms with Crippen LogP contribution in [0.1, 0.15) is 30.9 Å². The average molecular weight is 167 g/mol. The van der Waals surface area contributed by atoms with E-state index in [1.165, 1.54) is 16.7 Å². The van der Waals surface area contributed by atoms with Crippen LogP contribution in [0.5, 0.6) is 0 Å². The van der Waals surface area contributed by atoms with Gasteiger partial charge < -0.3 is 0 Å². The Kier molecular flexibility index (Phi) is 3.16. The summed E-state index contributed by atoms with van der Waals surface area (Å²) in [6.07, 6.45) is 2.32. The number of rotatable bonds is 0. The van der Waals surface area contributed by atoms with E-state index in [1.807, 2.05) is 0 Å². The molecule has 1 aliphatic rings. The van der Waals surface area contributed by atoms with Crippen molar-refractivity contribution < 1.29 is 29.6 Å². The smallest absolute Gasteiger partial charge is 0.0737 e. The summed E-state index contributed by atoms with van der Waals surface area (Å²) in [5.74, 6) is 0.617. The molecule has 56 valence electrons. The first-order valence-electron chi connectivity index (χ1n) is 4.07. The Morgan fingerprint density at radius 3 is 2.50 bits per heavy atom. The molecule has 12 heavy (non-hydrogen) atoms. The van der Waals surface area contributed by atoms with Gasteiger partial charge in [-0.3, -0.25) is 0 Å². The standard InChI is InChI=1S/C11H12.Na/c1-8-7-9(2)11-6-4-3-5-10(8)11;/h3-8H,1-2H3;/q;+1. The molecule has 0 radical (unpaired) electrons. The SMILES string of the molecule is CC1=CC(C)c2ccccc21.[Na+]. The molecule has 0 fully saturated rings. The molecule has 1 aliphatic carbocycles. The summed E-state index contributed by atoms with van der Waals surface area (Å²) in [5, 5.41) is 0. The summed E-state index contributed by atoms with van der Waals surface area (Å²) in [6, 6.07) is 8.63. The van der Waals surface area contributed by atoms with Crippen molar-refractivity contribution in [3.8, 4) is 0 Å². The van der Waals surface area contributed by atoms with E-state index in [9.17, 15) is 0 Å². The average Bonchev–Trinajstić information content (AvgIpc) is 2.30. The molecule has 0 aromatic heterocycles. The number of hydrogen-bond donors (Lipinski definition) is 0. The number of benzene rings is 1. The second kappa shape index (κ2) is 3.78. The normalized spacial score (nSPS) is 19.5. The van der Waals surface area contributed by atoms with Gasteiger partial charge in [-0.1, -0.05) is 37.3 Å². The van der Waals surface area contributed by atoms with Gasteiger partial charge >= 0.3 is 29.6 Å². The quantitative estimate of drug-likeness (QED) is 0.485. The summed E-state index contributed by atoms with van der Waals surface area (Å²) in [6.45, 7) is 4.43. The van der Waals surface area contributed by atoms with E-state index < -0.39 is 0 Å². The fraction of sp³-hybridized carbons (Fsp3) is 0.273. The van der Waals surface area contributed by atoms with Gasteiger partial charge in [-0.25, -0.2) is 0 Å². The van der Waals surface area contributed by atoms with Crippen LogP contribution in [0.15, 0.2) is 30.3 Å². The second-order valence-corrected chi connectivity index (χ2v) is 3.23. The number of fused-ring (bicyclic) bond motifs is 1. The van der Waals surface area contributed by atoms with Gasteiger partial charge in [0.15, 0.2) is 0 Å². The minimum absolute atomic E-state index is 0. The monoisotopic (exact) mass is 167 g/mol. The van der Waals surface area contributed by atoms with Gasteiger partial charge in [0.2, 0.25) is 0 Å². The molecule has 0 N–H and O–H groups in total. The molecule has 1 aromatic rings. The molecule has 2 rings (SSSR count). The van der Waals surface area contributed by atoms with Crippen LogP contribution in [-0.4, -0.2) is 0 Å². The van der Waals surface area contributed by atoms with Gasteiger partial charge in [0.1, 0.15) is 0 Å². The molecule has 1 aromatic carbocycles. The molecule has 1 atom stereocenters. The summed E-state index contributed by atoms with van der Waals surface area (Å²) in [5.41, 5.74) is 4.33. The van der Waals surface area contributed by atoms with E-state index in [-0.39, 0.29) is 29.6 Å². The predicted octanol–water partition coefficient (Wildman–Crippen LogP) is 0.211. The second-order valence-electron chi connectivity index (χ2n) is 3.23. The third kappa shape index (κ3) is 1.52. The van der Waals surface area contributed by atoms with Crippen molar-refractivity contribution >= 4 is 5.57 Å². The molecule has 0 aliphatic heterocycles. The Balaban J connectivity index is 0.000000720. The van der Waals surface area contributed by atoms with Gasteiger partial charge in [0.05, 0.1) is 0 Å². The summed E-state index contributed by atoms with van der Waals surface area (Å²) in [4.78, 5) is 0. The Morgan fingerprint density at radius 1 is 1.17 bits per heavy atom. The summed E-state index contributed by atoms with van der Waals surface area (Å²) >= 11 is 0. The molecule has 1 heteroatoms. The first-order valence-corrected chi connectivity index (χ1v) is 4.07. The fourth-order valence-corrected chi connectivity index (χ4v) is 1.81. The van der Waals surface area contributed by atoms with Crippen LogP contribution >= 0.6 is 0 Å². The zero-order chi connectivity index (χ0) is 7.84. The van der Waals surface area contributed by atoms with Gasteiger partial charge in [0.25, 0.3) is 0 Å². The van der Waals surface area contributed by atoms with Gasteiger partial charge in [-0.05, 0) is 23.6 Å². The summed E-state index contributed by atoms with van der Waals surface area (Å²) < 4.78 is 0. The molecule has 0 saturated carbocycles.